The van der Waals surface area contributed by atoms with Crippen molar-refractivity contribution in [3.8, 4) is 0 Å². The Morgan fingerprint density at radius 3 is 2.50 bits per heavy atom. The van der Waals surface area contributed by atoms with Crippen LogP contribution in [0.3, 0.4) is 0 Å². The molecule has 2 rings (SSSR count). The fraction of sp³-hybridized carbons (Fsp3) is 0.619. The Kier molecular flexibility index (Phi) is 12.0. The van der Waals surface area contributed by atoms with Gasteiger partial charge in [0.15, 0.2) is 5.96 Å². The van der Waals surface area contributed by atoms with Gasteiger partial charge in [-0.15, -0.1) is 24.0 Å². The summed E-state index contributed by atoms with van der Waals surface area (Å²) in [5, 5.41) is 10.3. The van der Waals surface area contributed by atoms with E-state index in [9.17, 15) is 4.79 Å². The van der Waals surface area contributed by atoms with Gasteiger partial charge < -0.3 is 20.7 Å². The second-order valence-electron chi connectivity index (χ2n) is 8.06. The molecule has 1 fully saturated rings. The third-order valence-electron chi connectivity index (χ3n) is 4.45. The van der Waals surface area contributed by atoms with Crippen molar-refractivity contribution in [1.82, 2.24) is 20.9 Å². The minimum Gasteiger partial charge on any atom is -0.379 e. The molecule has 0 bridgehead atoms. The highest BCUT2D eigenvalue weighted by Crippen LogP contribution is 2.27. The molecule has 0 aromatic heterocycles. The number of morpholine rings is 1. The zero-order valence-corrected chi connectivity index (χ0v) is 21.4. The Morgan fingerprint density at radius 1 is 1.23 bits per heavy atom. The number of ether oxygens (including phenoxy) is 1. The third-order valence-corrected chi connectivity index (χ3v) is 4.80. The third kappa shape index (κ3) is 9.36. The first-order valence-electron chi connectivity index (χ1n) is 10.2. The molecule has 1 aromatic carbocycles. The summed E-state index contributed by atoms with van der Waals surface area (Å²) in [5.74, 6) is 0.507. The average Bonchev–Trinajstić information content (AvgIpc) is 2.67. The monoisotopic (exact) mass is 551 g/mol. The maximum absolute atomic E-state index is 12.1. The molecular weight excluding hydrogens is 517 g/mol. The Morgan fingerprint density at radius 2 is 1.90 bits per heavy atom. The van der Waals surface area contributed by atoms with Crippen LogP contribution in [-0.2, 0) is 9.53 Å². The van der Waals surface area contributed by atoms with Gasteiger partial charge in [-0.05, 0) is 39.3 Å². The van der Waals surface area contributed by atoms with Crippen LogP contribution in [0.5, 0.6) is 0 Å². The van der Waals surface area contributed by atoms with E-state index in [-0.39, 0.29) is 48.0 Å². The van der Waals surface area contributed by atoms with Crippen LogP contribution >= 0.6 is 35.6 Å². The molecule has 7 nitrogen and oxygen atoms in total. The molecule has 0 aliphatic carbocycles. The van der Waals surface area contributed by atoms with E-state index in [1.54, 1.807) is 0 Å². The molecule has 30 heavy (non-hydrogen) atoms. The lowest BCUT2D eigenvalue weighted by Gasteiger charge is -2.35. The normalized spacial score (nSPS) is 16.4. The van der Waals surface area contributed by atoms with Gasteiger partial charge in [0.05, 0.1) is 19.3 Å². The molecule has 1 amide bonds. The van der Waals surface area contributed by atoms with Crippen LogP contribution in [0.15, 0.2) is 29.3 Å². The number of carbonyl (C=O) groups is 1. The van der Waals surface area contributed by atoms with Gasteiger partial charge in [0.25, 0.3) is 0 Å². The first-order valence-corrected chi connectivity index (χ1v) is 10.6. The minimum absolute atomic E-state index is 0. The molecule has 0 radical (unpaired) electrons. The Labute approximate surface area is 202 Å². The number of nitrogens with one attached hydrogen (secondary N) is 3. The highest BCUT2D eigenvalue weighted by atomic mass is 127. The number of guanidine groups is 1. The quantitative estimate of drug-likeness (QED) is 0.276. The van der Waals surface area contributed by atoms with E-state index in [4.69, 9.17) is 16.3 Å². The zero-order chi connectivity index (χ0) is 21.3. The standard InChI is InChI=1S/C21H34ClN5O2.HI/c1-5-23-20(25-15-19(28)26-21(2,3)4)24-14-18(27-10-12-29-13-11-27)16-8-6-7-9-17(16)22;/h6-9,18H,5,10-15H2,1-4H3,(H,26,28)(H2,23,24,25);1H. The van der Waals surface area contributed by atoms with E-state index in [1.165, 1.54) is 0 Å². The first kappa shape index (κ1) is 26.9. The second kappa shape index (κ2) is 13.3. The van der Waals surface area contributed by atoms with E-state index < -0.39 is 0 Å². The number of amides is 1. The van der Waals surface area contributed by atoms with E-state index in [1.807, 2.05) is 45.9 Å². The summed E-state index contributed by atoms with van der Waals surface area (Å²) in [7, 11) is 0. The number of hydrogen-bond donors (Lipinski definition) is 3. The van der Waals surface area contributed by atoms with Crippen LogP contribution in [-0.4, -0.2) is 68.2 Å². The molecule has 1 atom stereocenters. The SMILES string of the molecule is CCNC(=NCC(=O)NC(C)(C)C)NCC(c1ccccc1Cl)N1CCOCC1.I. The predicted octanol–water partition coefficient (Wildman–Crippen LogP) is 2.80. The summed E-state index contributed by atoms with van der Waals surface area (Å²) in [6.07, 6.45) is 0. The lowest BCUT2D eigenvalue weighted by Crippen LogP contribution is -2.47. The van der Waals surface area contributed by atoms with Gasteiger partial charge in [-0.25, -0.2) is 4.99 Å². The highest BCUT2D eigenvalue weighted by Gasteiger charge is 2.24. The van der Waals surface area contributed by atoms with Crippen molar-refractivity contribution in [2.45, 2.75) is 39.3 Å². The molecule has 1 aliphatic heterocycles. The molecule has 0 saturated carbocycles. The van der Waals surface area contributed by atoms with Crippen molar-refractivity contribution < 1.29 is 9.53 Å². The second-order valence-corrected chi connectivity index (χ2v) is 8.47. The van der Waals surface area contributed by atoms with Crippen molar-refractivity contribution in [2.24, 2.45) is 4.99 Å². The lowest BCUT2D eigenvalue weighted by atomic mass is 10.0. The Bertz CT molecular complexity index is 690. The van der Waals surface area contributed by atoms with Crippen molar-refractivity contribution >= 4 is 47.4 Å². The van der Waals surface area contributed by atoms with Gasteiger partial charge in [-0.1, -0.05) is 29.8 Å². The molecule has 3 N–H and O–H groups in total. The number of carbonyl (C=O) groups excluding carboxylic acids is 1. The summed E-state index contributed by atoms with van der Waals surface area (Å²) in [5.41, 5.74) is 0.800. The molecule has 1 saturated heterocycles. The fourth-order valence-corrected chi connectivity index (χ4v) is 3.48. The van der Waals surface area contributed by atoms with E-state index >= 15 is 0 Å². The number of halogens is 2. The van der Waals surface area contributed by atoms with Gasteiger partial charge >= 0.3 is 0 Å². The molecule has 1 unspecified atom stereocenters. The first-order chi connectivity index (χ1) is 13.8. The zero-order valence-electron chi connectivity index (χ0n) is 18.3. The maximum Gasteiger partial charge on any atom is 0.242 e. The van der Waals surface area contributed by atoms with Crippen molar-refractivity contribution in [2.75, 3.05) is 45.9 Å². The van der Waals surface area contributed by atoms with Crippen LogP contribution in [0.25, 0.3) is 0 Å². The summed E-state index contributed by atoms with van der Waals surface area (Å²) in [4.78, 5) is 18.9. The number of nitrogens with zero attached hydrogens (tertiary/aromatic N) is 2. The predicted molar refractivity (Wildman–Crippen MR) is 134 cm³/mol. The topological polar surface area (TPSA) is 78.0 Å². The van der Waals surface area contributed by atoms with Crippen molar-refractivity contribution in [3.63, 3.8) is 0 Å². The minimum atomic E-state index is -0.274. The van der Waals surface area contributed by atoms with E-state index in [0.717, 1.165) is 23.7 Å². The molecule has 1 aromatic rings. The molecule has 9 heteroatoms. The number of rotatable bonds is 7. The van der Waals surface area contributed by atoms with Gasteiger partial charge in [-0.2, -0.15) is 0 Å². The summed E-state index contributed by atoms with van der Waals surface area (Å²) >= 11 is 6.49. The van der Waals surface area contributed by atoms with Gasteiger partial charge in [-0.3, -0.25) is 9.69 Å². The summed E-state index contributed by atoms with van der Waals surface area (Å²) < 4.78 is 5.51. The van der Waals surface area contributed by atoms with Crippen LogP contribution in [0, 0.1) is 0 Å². The number of hydrogen-bond acceptors (Lipinski definition) is 4. The molecule has 170 valence electrons. The molecular formula is C21H35ClIN5O2. The Balaban J connectivity index is 0.00000450. The van der Waals surface area contributed by atoms with Crippen LogP contribution < -0.4 is 16.0 Å². The molecule has 1 aliphatic rings. The largest absolute Gasteiger partial charge is 0.379 e. The molecule has 0 spiro atoms. The number of aliphatic imine (C=N–C) groups is 1. The van der Waals surface area contributed by atoms with Gasteiger partial charge in [0.1, 0.15) is 6.54 Å². The lowest BCUT2D eigenvalue weighted by molar-refractivity contribution is -0.121. The average molecular weight is 552 g/mol. The van der Waals surface area contributed by atoms with Gasteiger partial charge in [0.2, 0.25) is 5.91 Å². The van der Waals surface area contributed by atoms with Crippen molar-refractivity contribution in [3.05, 3.63) is 34.9 Å². The fourth-order valence-electron chi connectivity index (χ4n) is 3.21. The Hall–Kier alpha value is -1.10. The van der Waals surface area contributed by atoms with Crippen LogP contribution in [0.1, 0.15) is 39.3 Å². The van der Waals surface area contributed by atoms with Crippen molar-refractivity contribution in [1.29, 1.82) is 0 Å². The molecule has 1 heterocycles. The van der Waals surface area contributed by atoms with E-state index in [0.29, 0.717) is 32.3 Å². The maximum atomic E-state index is 12.1. The smallest absolute Gasteiger partial charge is 0.242 e. The summed E-state index contributed by atoms with van der Waals surface area (Å²) in [6, 6.07) is 8.01. The summed E-state index contributed by atoms with van der Waals surface area (Å²) in [6.45, 7) is 12.4. The van der Waals surface area contributed by atoms with E-state index in [2.05, 4.69) is 31.9 Å². The van der Waals surface area contributed by atoms with Gasteiger partial charge in [0, 0.05) is 36.7 Å². The highest BCUT2D eigenvalue weighted by molar-refractivity contribution is 14.0. The van der Waals surface area contributed by atoms with Crippen LogP contribution in [0.4, 0.5) is 0 Å². The number of benzene rings is 1. The van der Waals surface area contributed by atoms with Crippen LogP contribution in [0.2, 0.25) is 5.02 Å².